The number of halogens is 3. The highest BCUT2D eigenvalue weighted by atomic mass is 79.9. The van der Waals surface area contributed by atoms with Crippen LogP contribution in [0.2, 0.25) is 10.0 Å². The van der Waals surface area contributed by atoms with E-state index in [0.29, 0.717) is 32.3 Å². The van der Waals surface area contributed by atoms with Crippen LogP contribution in [0.4, 0.5) is 5.69 Å². The van der Waals surface area contributed by atoms with Crippen molar-refractivity contribution in [2.24, 2.45) is 0 Å². The van der Waals surface area contributed by atoms with Crippen molar-refractivity contribution in [2.45, 2.75) is 38.8 Å². The molecule has 3 rings (SSSR count). The number of unbranched alkanes of at least 4 members (excludes halogenated alkanes) is 1. The summed E-state index contributed by atoms with van der Waals surface area (Å²) in [6, 6.07) is 20.2. The van der Waals surface area contributed by atoms with Gasteiger partial charge in [0.25, 0.3) is 0 Å². The lowest BCUT2D eigenvalue weighted by Crippen LogP contribution is -2.53. The van der Waals surface area contributed by atoms with Crippen molar-refractivity contribution < 1.29 is 18.0 Å². The van der Waals surface area contributed by atoms with E-state index in [9.17, 15) is 18.0 Å². The molecule has 3 aromatic rings. The molecule has 0 heterocycles. The third kappa shape index (κ3) is 8.96. The number of hydrogen-bond acceptors (Lipinski definition) is 4. The third-order valence-electron chi connectivity index (χ3n) is 6.24. The summed E-state index contributed by atoms with van der Waals surface area (Å²) >= 11 is 15.8. The van der Waals surface area contributed by atoms with Gasteiger partial charge in [-0.1, -0.05) is 85.1 Å². The number of para-hydroxylation sites is 1. The van der Waals surface area contributed by atoms with Crippen LogP contribution in [0, 0.1) is 0 Å². The number of hydrogen-bond donors (Lipinski definition) is 1. The Labute approximate surface area is 254 Å². The van der Waals surface area contributed by atoms with Gasteiger partial charge in [0.15, 0.2) is 0 Å². The first-order chi connectivity index (χ1) is 19.0. The molecule has 0 saturated carbocycles. The molecular weight excluding hydrogens is 637 g/mol. The van der Waals surface area contributed by atoms with Gasteiger partial charge in [-0.2, -0.15) is 0 Å². The van der Waals surface area contributed by atoms with Crippen LogP contribution in [-0.4, -0.2) is 50.5 Å². The number of anilines is 1. The molecule has 11 heteroatoms. The highest BCUT2D eigenvalue weighted by molar-refractivity contribution is 9.10. The lowest BCUT2D eigenvalue weighted by molar-refractivity contribution is -0.140. The van der Waals surface area contributed by atoms with E-state index in [4.69, 9.17) is 23.2 Å². The molecule has 0 aromatic heterocycles. The SMILES string of the molecule is CCCCNC(=O)C(Cc1ccccc1)N(Cc1ccc(Cl)c(Cl)c1)C(=O)CN(c1ccccc1Br)S(C)(=O)=O. The number of nitrogens with one attached hydrogen (secondary N) is 1. The third-order valence-corrected chi connectivity index (χ3v) is 8.77. The molecular formula is C29H32BrCl2N3O4S. The second-order valence-electron chi connectivity index (χ2n) is 9.34. The monoisotopic (exact) mass is 667 g/mol. The summed E-state index contributed by atoms with van der Waals surface area (Å²) in [6.07, 6.45) is 2.96. The molecule has 0 saturated heterocycles. The normalized spacial score (nSPS) is 12.0. The highest BCUT2D eigenvalue weighted by Gasteiger charge is 2.33. The van der Waals surface area contributed by atoms with Crippen molar-refractivity contribution in [3.63, 3.8) is 0 Å². The molecule has 40 heavy (non-hydrogen) atoms. The maximum Gasteiger partial charge on any atom is 0.244 e. The molecule has 1 atom stereocenters. The average molecular weight is 669 g/mol. The van der Waals surface area contributed by atoms with E-state index in [2.05, 4.69) is 21.2 Å². The van der Waals surface area contributed by atoms with Gasteiger partial charge in [-0.05, 0) is 57.7 Å². The number of carbonyl (C=O) groups excluding carboxylic acids is 2. The van der Waals surface area contributed by atoms with E-state index < -0.39 is 28.5 Å². The van der Waals surface area contributed by atoms with E-state index in [1.54, 1.807) is 42.5 Å². The van der Waals surface area contributed by atoms with Crippen LogP contribution in [0.3, 0.4) is 0 Å². The number of benzene rings is 3. The minimum Gasteiger partial charge on any atom is -0.354 e. The van der Waals surface area contributed by atoms with Gasteiger partial charge >= 0.3 is 0 Å². The van der Waals surface area contributed by atoms with Crippen molar-refractivity contribution in [3.05, 3.63) is 98.4 Å². The zero-order chi connectivity index (χ0) is 29.3. The Hall–Kier alpha value is -2.59. The van der Waals surface area contributed by atoms with Gasteiger partial charge < -0.3 is 10.2 Å². The summed E-state index contributed by atoms with van der Waals surface area (Å²) in [4.78, 5) is 29.1. The quantitative estimate of drug-likeness (QED) is 0.224. The van der Waals surface area contributed by atoms with Gasteiger partial charge in [-0.15, -0.1) is 0 Å². The van der Waals surface area contributed by atoms with Crippen LogP contribution in [0.25, 0.3) is 0 Å². The molecule has 2 amide bonds. The number of carbonyl (C=O) groups is 2. The number of sulfonamides is 1. The van der Waals surface area contributed by atoms with Gasteiger partial charge in [0.1, 0.15) is 12.6 Å². The Bertz CT molecular complexity index is 1420. The van der Waals surface area contributed by atoms with Crippen LogP contribution in [0.15, 0.2) is 77.3 Å². The number of amides is 2. The molecule has 0 radical (unpaired) electrons. The summed E-state index contributed by atoms with van der Waals surface area (Å²) in [7, 11) is -3.86. The minimum absolute atomic E-state index is 0.0159. The highest BCUT2D eigenvalue weighted by Crippen LogP contribution is 2.29. The first-order valence-electron chi connectivity index (χ1n) is 12.8. The predicted molar refractivity (Wildman–Crippen MR) is 165 cm³/mol. The lowest BCUT2D eigenvalue weighted by Gasteiger charge is -2.33. The van der Waals surface area contributed by atoms with Crippen molar-refractivity contribution in [1.29, 1.82) is 0 Å². The second kappa shape index (κ2) is 14.9. The first kappa shape index (κ1) is 31.9. The largest absolute Gasteiger partial charge is 0.354 e. The van der Waals surface area contributed by atoms with Crippen LogP contribution in [-0.2, 0) is 32.6 Å². The van der Waals surface area contributed by atoms with Gasteiger partial charge in [-0.3, -0.25) is 13.9 Å². The molecule has 3 aromatic carbocycles. The Kier molecular flexibility index (Phi) is 11.9. The van der Waals surface area contributed by atoms with Gasteiger partial charge in [-0.25, -0.2) is 8.42 Å². The van der Waals surface area contributed by atoms with Crippen molar-refractivity contribution in [2.75, 3.05) is 23.7 Å². The second-order valence-corrected chi connectivity index (χ2v) is 12.9. The van der Waals surface area contributed by atoms with Crippen LogP contribution < -0.4 is 9.62 Å². The molecule has 214 valence electrons. The van der Waals surface area contributed by atoms with Crippen molar-refractivity contribution in [3.8, 4) is 0 Å². The fourth-order valence-electron chi connectivity index (χ4n) is 4.14. The van der Waals surface area contributed by atoms with Crippen LogP contribution in [0.1, 0.15) is 30.9 Å². The molecule has 0 aliphatic heterocycles. The molecule has 0 bridgehead atoms. The number of rotatable bonds is 13. The fraction of sp³-hybridized carbons (Fsp3) is 0.310. The summed E-state index contributed by atoms with van der Waals surface area (Å²) < 4.78 is 27.3. The molecule has 0 aliphatic carbocycles. The Morgan fingerprint density at radius 3 is 2.25 bits per heavy atom. The molecule has 0 fully saturated rings. The molecule has 1 unspecified atom stereocenters. The van der Waals surface area contributed by atoms with Gasteiger partial charge in [0.05, 0.1) is 22.0 Å². The minimum atomic E-state index is -3.86. The molecule has 0 spiro atoms. The topological polar surface area (TPSA) is 86.8 Å². The molecule has 7 nitrogen and oxygen atoms in total. The van der Waals surface area contributed by atoms with Crippen LogP contribution >= 0.6 is 39.1 Å². The molecule has 1 N–H and O–H groups in total. The van der Waals surface area contributed by atoms with E-state index in [-0.39, 0.29) is 18.9 Å². The standard InChI is InChI=1S/C29H32BrCl2N3O4S/c1-3-4-16-33-29(37)27(18-21-10-6-5-7-11-21)34(19-22-14-15-24(31)25(32)17-22)28(36)20-35(40(2,38)39)26-13-9-8-12-23(26)30/h5-15,17,27H,3-4,16,18-20H2,1-2H3,(H,33,37). The smallest absolute Gasteiger partial charge is 0.244 e. The van der Waals surface area contributed by atoms with E-state index in [0.717, 1.165) is 29.0 Å². The Morgan fingerprint density at radius 2 is 1.62 bits per heavy atom. The lowest BCUT2D eigenvalue weighted by atomic mass is 10.0. The Balaban J connectivity index is 2.06. The predicted octanol–water partition coefficient (Wildman–Crippen LogP) is 6.08. The van der Waals surface area contributed by atoms with E-state index in [1.165, 1.54) is 4.90 Å². The van der Waals surface area contributed by atoms with Crippen molar-refractivity contribution >= 4 is 66.7 Å². The number of nitrogens with zero attached hydrogens (tertiary/aromatic N) is 2. The fourth-order valence-corrected chi connectivity index (χ4v) is 5.94. The van der Waals surface area contributed by atoms with Crippen molar-refractivity contribution in [1.82, 2.24) is 10.2 Å². The Morgan fingerprint density at radius 1 is 0.950 bits per heavy atom. The summed E-state index contributed by atoms with van der Waals surface area (Å²) in [5, 5.41) is 3.62. The molecule has 0 aliphatic rings. The first-order valence-corrected chi connectivity index (χ1v) is 16.2. The summed E-state index contributed by atoms with van der Waals surface area (Å²) in [6.45, 7) is 2.00. The average Bonchev–Trinajstić information content (AvgIpc) is 2.91. The van der Waals surface area contributed by atoms with Gasteiger partial charge in [0, 0.05) is 24.0 Å². The zero-order valence-corrected chi connectivity index (χ0v) is 26.2. The van der Waals surface area contributed by atoms with Crippen LogP contribution in [0.5, 0.6) is 0 Å². The zero-order valence-electron chi connectivity index (χ0n) is 22.3. The van der Waals surface area contributed by atoms with E-state index >= 15 is 0 Å². The summed E-state index contributed by atoms with van der Waals surface area (Å²) in [5.41, 5.74) is 1.82. The maximum atomic E-state index is 14.1. The van der Waals surface area contributed by atoms with E-state index in [1.807, 2.05) is 37.3 Å². The maximum absolute atomic E-state index is 14.1. The van der Waals surface area contributed by atoms with Gasteiger partial charge in [0.2, 0.25) is 21.8 Å². The summed E-state index contributed by atoms with van der Waals surface area (Å²) in [5.74, 6) is -0.865.